The van der Waals surface area contributed by atoms with Crippen molar-refractivity contribution in [3.63, 3.8) is 0 Å². The molecule has 0 spiro atoms. The molecule has 139 valence electrons. The van der Waals surface area contributed by atoms with Gasteiger partial charge >= 0.3 is 0 Å². The van der Waals surface area contributed by atoms with E-state index in [1.165, 1.54) is 42.5 Å². The van der Waals surface area contributed by atoms with Gasteiger partial charge in [0, 0.05) is 64.4 Å². The molecule has 0 aliphatic heterocycles. The molecule has 0 aliphatic carbocycles. The Bertz CT molecular complexity index is 1180. The van der Waals surface area contributed by atoms with Crippen molar-refractivity contribution in [2.45, 2.75) is 4.90 Å². The molecule has 0 bridgehead atoms. The third kappa shape index (κ3) is 4.66. The normalized spacial score (nSPS) is 10.9. The first-order chi connectivity index (χ1) is 12.6. The van der Waals surface area contributed by atoms with Crippen LogP contribution in [0.5, 0.6) is 5.75 Å². The summed E-state index contributed by atoms with van der Waals surface area (Å²) in [5.41, 5.74) is 0.346. The number of hydrogen-bond donors (Lipinski definition) is 3. The molecule has 28 heavy (non-hydrogen) atoms. The van der Waals surface area contributed by atoms with Crippen molar-refractivity contribution >= 4 is 67.7 Å². The Morgan fingerprint density at radius 2 is 1.68 bits per heavy atom. The maximum atomic E-state index is 12.3. The second-order valence-electron chi connectivity index (χ2n) is 5.61. The molecule has 3 aromatic carbocycles. The first-order valence-corrected chi connectivity index (χ1v) is 8.89. The largest absolute Gasteiger partial charge is 0.507 e. The fraction of sp³-hybridized carbons (Fsp3) is 0. The third-order valence-corrected chi connectivity index (χ3v) is 4.63. The molecule has 3 aromatic rings. The number of rotatable bonds is 4. The molecule has 0 aromatic heterocycles. The first kappa shape index (κ1) is 21.8. The smallest absolute Gasteiger partial charge is 0.294 e. The molecule has 0 atom stereocenters. The minimum Gasteiger partial charge on any atom is -0.507 e. The fourth-order valence-corrected chi connectivity index (χ4v) is 3.02. The summed E-state index contributed by atoms with van der Waals surface area (Å²) in [7, 11) is -4.51. The SMILES string of the molecule is O=C(Nc1ccc2c(O)cc(S(=O)(=O)O)cc2c1)c1ccc([N+](=O)[O-])cc1.[Na]. The monoisotopic (exact) mass is 411 g/mol. The van der Waals surface area contributed by atoms with Gasteiger partial charge in [-0.05, 0) is 41.8 Å². The molecule has 3 rings (SSSR count). The Hall–Kier alpha value is -2.50. The molecular formula is C17H12N2NaO7S. The zero-order chi connectivity index (χ0) is 19.8. The van der Waals surface area contributed by atoms with Crippen LogP contribution < -0.4 is 5.32 Å². The van der Waals surface area contributed by atoms with Gasteiger partial charge in [0.2, 0.25) is 0 Å². The van der Waals surface area contributed by atoms with Crippen molar-refractivity contribution in [3.05, 3.63) is 70.3 Å². The predicted octanol–water partition coefficient (Wildman–Crippen LogP) is 2.57. The Kier molecular flexibility index (Phi) is 6.42. The van der Waals surface area contributed by atoms with Crippen molar-refractivity contribution < 1.29 is 27.8 Å². The molecular weight excluding hydrogens is 399 g/mol. The average Bonchev–Trinajstić information content (AvgIpc) is 2.60. The minimum absolute atomic E-state index is 0. The molecule has 1 amide bonds. The summed E-state index contributed by atoms with van der Waals surface area (Å²) >= 11 is 0. The number of benzene rings is 3. The van der Waals surface area contributed by atoms with Crippen LogP contribution in [-0.2, 0) is 10.1 Å². The van der Waals surface area contributed by atoms with E-state index in [2.05, 4.69) is 5.32 Å². The fourth-order valence-electron chi connectivity index (χ4n) is 2.49. The standard InChI is InChI=1S/C17H12N2O7S.Na/c20-16-9-14(27(24,25)26)8-11-7-12(3-6-15(11)16)18-17(21)10-1-4-13(5-2-10)19(22)23;/h1-9,20H,(H,18,21)(H,24,25,26);. The van der Waals surface area contributed by atoms with Crippen LogP contribution in [0.4, 0.5) is 11.4 Å². The number of nitrogens with zero attached hydrogens (tertiary/aromatic N) is 1. The van der Waals surface area contributed by atoms with Gasteiger partial charge in [0.05, 0.1) is 9.82 Å². The quantitative estimate of drug-likeness (QED) is 0.259. The molecule has 0 fully saturated rings. The van der Waals surface area contributed by atoms with E-state index < -0.39 is 25.8 Å². The number of hydrogen-bond acceptors (Lipinski definition) is 6. The number of aromatic hydroxyl groups is 1. The van der Waals surface area contributed by atoms with Crippen LogP contribution in [-0.4, -0.2) is 58.5 Å². The first-order valence-electron chi connectivity index (χ1n) is 7.45. The zero-order valence-corrected chi connectivity index (χ0v) is 17.3. The zero-order valence-electron chi connectivity index (χ0n) is 14.5. The van der Waals surface area contributed by atoms with E-state index in [4.69, 9.17) is 4.55 Å². The van der Waals surface area contributed by atoms with Gasteiger partial charge in [-0.3, -0.25) is 19.5 Å². The van der Waals surface area contributed by atoms with E-state index in [0.29, 0.717) is 11.1 Å². The number of nitrogens with one attached hydrogen (secondary N) is 1. The van der Waals surface area contributed by atoms with Gasteiger partial charge in [-0.15, -0.1) is 0 Å². The second kappa shape index (κ2) is 8.25. The number of anilines is 1. The number of amides is 1. The molecule has 0 heterocycles. The van der Waals surface area contributed by atoms with Crippen molar-refractivity contribution in [3.8, 4) is 5.75 Å². The number of carbonyl (C=O) groups excluding carboxylic acids is 1. The Morgan fingerprint density at radius 3 is 2.25 bits per heavy atom. The van der Waals surface area contributed by atoms with Crippen LogP contribution in [0.25, 0.3) is 10.8 Å². The van der Waals surface area contributed by atoms with Crippen LogP contribution in [0.3, 0.4) is 0 Å². The number of nitro benzene ring substituents is 1. The van der Waals surface area contributed by atoms with Crippen molar-refractivity contribution in [2.24, 2.45) is 0 Å². The number of carbonyl (C=O) groups is 1. The van der Waals surface area contributed by atoms with E-state index in [1.54, 1.807) is 0 Å². The molecule has 0 saturated heterocycles. The van der Waals surface area contributed by atoms with Crippen molar-refractivity contribution in [1.82, 2.24) is 0 Å². The number of non-ortho nitro benzene ring substituents is 1. The summed E-state index contributed by atoms with van der Waals surface area (Å²) < 4.78 is 31.7. The van der Waals surface area contributed by atoms with Crippen molar-refractivity contribution in [2.75, 3.05) is 5.32 Å². The third-order valence-electron chi connectivity index (χ3n) is 3.80. The minimum atomic E-state index is -4.51. The maximum absolute atomic E-state index is 12.3. The van der Waals surface area contributed by atoms with E-state index in [9.17, 15) is 28.4 Å². The molecule has 11 heteroatoms. The van der Waals surface area contributed by atoms with Gasteiger partial charge < -0.3 is 10.4 Å². The van der Waals surface area contributed by atoms with Crippen LogP contribution in [0.1, 0.15) is 10.4 Å². The Balaban J connectivity index is 0.00000280. The molecule has 3 N–H and O–H groups in total. The van der Waals surface area contributed by atoms with Gasteiger partial charge in [-0.25, -0.2) is 0 Å². The van der Waals surface area contributed by atoms with Crippen LogP contribution in [0.15, 0.2) is 59.5 Å². The summed E-state index contributed by atoms with van der Waals surface area (Å²) in [4.78, 5) is 21.8. The second-order valence-corrected chi connectivity index (χ2v) is 7.03. The van der Waals surface area contributed by atoms with Crippen LogP contribution in [0, 0.1) is 10.1 Å². The molecule has 1 radical (unpaired) electrons. The summed E-state index contributed by atoms with van der Waals surface area (Å²) in [6.07, 6.45) is 0. The van der Waals surface area contributed by atoms with Gasteiger partial charge in [-0.2, -0.15) is 8.42 Å². The number of nitro groups is 1. The van der Waals surface area contributed by atoms with Gasteiger partial charge in [0.25, 0.3) is 21.7 Å². The summed E-state index contributed by atoms with van der Waals surface area (Å²) in [6, 6.07) is 11.5. The predicted molar refractivity (Wildman–Crippen MR) is 102 cm³/mol. The van der Waals surface area contributed by atoms with Crippen LogP contribution >= 0.6 is 0 Å². The topological polar surface area (TPSA) is 147 Å². The van der Waals surface area contributed by atoms with Crippen molar-refractivity contribution in [1.29, 1.82) is 0 Å². The summed E-state index contributed by atoms with van der Waals surface area (Å²) in [6.45, 7) is 0. The summed E-state index contributed by atoms with van der Waals surface area (Å²) in [5, 5.41) is 23.8. The van der Waals surface area contributed by atoms with Gasteiger partial charge in [0.15, 0.2) is 0 Å². The molecule has 0 unspecified atom stereocenters. The van der Waals surface area contributed by atoms with E-state index >= 15 is 0 Å². The number of phenols is 1. The van der Waals surface area contributed by atoms with E-state index in [-0.39, 0.29) is 51.9 Å². The Labute approximate surface area is 181 Å². The van der Waals surface area contributed by atoms with E-state index in [0.717, 1.165) is 12.1 Å². The Morgan fingerprint density at radius 1 is 1.04 bits per heavy atom. The van der Waals surface area contributed by atoms with Gasteiger partial charge in [-0.1, -0.05) is 0 Å². The molecule has 9 nitrogen and oxygen atoms in total. The van der Waals surface area contributed by atoms with E-state index in [1.807, 2.05) is 0 Å². The maximum Gasteiger partial charge on any atom is 0.294 e. The number of phenolic OH excluding ortho intramolecular Hbond substituents is 1. The van der Waals surface area contributed by atoms with Crippen LogP contribution in [0.2, 0.25) is 0 Å². The molecule has 0 aliphatic rings. The average molecular weight is 411 g/mol. The summed E-state index contributed by atoms with van der Waals surface area (Å²) in [5.74, 6) is -0.868. The molecule has 0 saturated carbocycles. The number of fused-ring (bicyclic) bond motifs is 1. The van der Waals surface area contributed by atoms with Gasteiger partial charge in [0.1, 0.15) is 5.75 Å².